The maximum Gasteiger partial charge on any atom is 0.126 e. The monoisotopic (exact) mass is 230 g/mol. The molecule has 2 nitrogen and oxygen atoms in total. The summed E-state index contributed by atoms with van der Waals surface area (Å²) >= 11 is 13.4. The van der Waals surface area contributed by atoms with Gasteiger partial charge in [-0.1, -0.05) is 11.6 Å². The van der Waals surface area contributed by atoms with E-state index in [9.17, 15) is 0 Å². The summed E-state index contributed by atoms with van der Waals surface area (Å²) < 4.78 is 0. The van der Waals surface area contributed by atoms with Crippen molar-refractivity contribution in [2.75, 3.05) is 0 Å². The van der Waals surface area contributed by atoms with E-state index in [0.29, 0.717) is 0 Å². The Morgan fingerprint density at radius 1 is 1.54 bits per heavy atom. The van der Waals surface area contributed by atoms with E-state index in [1.165, 1.54) is 11.3 Å². The number of rotatable bonds is 0. The topological polar surface area (TPSA) is 36.1 Å². The number of nitrogens with zero attached hydrogens (tertiary/aromatic N) is 2. The van der Waals surface area contributed by atoms with Crippen molar-refractivity contribution in [3.05, 3.63) is 16.3 Å². The van der Waals surface area contributed by atoms with E-state index in [2.05, 4.69) is 4.99 Å². The number of aliphatic imine (C=N–C) groups is 1. The van der Waals surface area contributed by atoms with Crippen LogP contribution >= 0.6 is 34.5 Å². The molecule has 0 amide bonds. The summed E-state index contributed by atoms with van der Waals surface area (Å²) in [5.74, 6) is -0.509. The fourth-order valence-corrected chi connectivity index (χ4v) is 2.76. The van der Waals surface area contributed by atoms with Crippen LogP contribution in [0.2, 0.25) is 0 Å². The van der Waals surface area contributed by atoms with Gasteiger partial charge in [0.05, 0.1) is 17.1 Å². The van der Waals surface area contributed by atoms with Crippen molar-refractivity contribution in [2.45, 2.75) is 5.38 Å². The van der Waals surface area contributed by atoms with E-state index < -0.39 is 5.92 Å². The SMILES string of the molecule is N#CC1C(Cl)=Nc2cscc2C1Cl. The molecule has 0 radical (unpaired) electrons. The first-order valence-corrected chi connectivity index (χ1v) is 5.33. The molecule has 2 heterocycles. The van der Waals surface area contributed by atoms with Gasteiger partial charge in [0.1, 0.15) is 11.1 Å². The molecule has 1 aromatic heterocycles. The van der Waals surface area contributed by atoms with E-state index >= 15 is 0 Å². The lowest BCUT2D eigenvalue weighted by atomic mass is 10.00. The Morgan fingerprint density at radius 3 is 3.00 bits per heavy atom. The summed E-state index contributed by atoms with van der Waals surface area (Å²) in [5.41, 5.74) is 1.70. The van der Waals surface area contributed by atoms with Crippen LogP contribution in [-0.2, 0) is 0 Å². The Hall–Kier alpha value is -0.560. The lowest BCUT2D eigenvalue weighted by Crippen LogP contribution is -2.15. The first-order valence-electron chi connectivity index (χ1n) is 3.58. The minimum absolute atomic E-state index is 0.286. The van der Waals surface area contributed by atoms with Crippen LogP contribution in [0.1, 0.15) is 10.9 Å². The number of alkyl halides is 1. The van der Waals surface area contributed by atoms with E-state index in [-0.39, 0.29) is 10.5 Å². The minimum Gasteiger partial charge on any atom is -0.239 e. The minimum atomic E-state index is -0.509. The van der Waals surface area contributed by atoms with Gasteiger partial charge < -0.3 is 0 Å². The van der Waals surface area contributed by atoms with E-state index in [1.807, 2.05) is 16.8 Å². The maximum atomic E-state index is 8.80. The van der Waals surface area contributed by atoms with Gasteiger partial charge in [-0.3, -0.25) is 0 Å². The number of hydrogen-bond donors (Lipinski definition) is 0. The zero-order chi connectivity index (χ0) is 9.42. The Balaban J connectivity index is 2.53. The zero-order valence-corrected chi connectivity index (χ0v) is 8.70. The molecule has 0 saturated heterocycles. The molecule has 1 aliphatic heterocycles. The third-order valence-electron chi connectivity index (χ3n) is 1.88. The molecule has 0 aromatic carbocycles. The molecule has 0 fully saturated rings. The molecule has 13 heavy (non-hydrogen) atoms. The summed E-state index contributed by atoms with van der Waals surface area (Å²) in [7, 11) is 0. The molecule has 2 atom stereocenters. The van der Waals surface area contributed by atoms with Crippen LogP contribution in [0, 0.1) is 17.2 Å². The second kappa shape index (κ2) is 3.30. The Morgan fingerprint density at radius 2 is 2.31 bits per heavy atom. The van der Waals surface area contributed by atoms with Crippen molar-refractivity contribution >= 4 is 45.4 Å². The van der Waals surface area contributed by atoms with Crippen molar-refractivity contribution < 1.29 is 0 Å². The fourth-order valence-electron chi connectivity index (χ4n) is 1.20. The second-order valence-corrected chi connectivity index (χ2v) is 4.26. The van der Waals surface area contributed by atoms with Gasteiger partial charge in [0.2, 0.25) is 0 Å². The first-order chi connectivity index (χ1) is 6.24. The third-order valence-corrected chi connectivity index (χ3v) is 3.44. The van der Waals surface area contributed by atoms with Gasteiger partial charge in [0.25, 0.3) is 0 Å². The second-order valence-electron chi connectivity index (χ2n) is 2.66. The molecule has 0 N–H and O–H groups in total. The van der Waals surface area contributed by atoms with E-state index in [0.717, 1.165) is 11.3 Å². The molecule has 1 aromatic rings. The average molecular weight is 231 g/mol. The molecule has 5 heteroatoms. The highest BCUT2D eigenvalue weighted by Gasteiger charge is 2.31. The predicted octanol–water partition coefficient (Wildman–Crippen LogP) is 3.45. The van der Waals surface area contributed by atoms with Gasteiger partial charge in [-0.05, 0) is 5.38 Å². The van der Waals surface area contributed by atoms with Gasteiger partial charge in [-0.25, -0.2) is 4.99 Å². The standard InChI is InChI=1S/C8H4Cl2N2S/c9-7-4(1-11)8(10)12-6-3-13-2-5(6)7/h2-4,7H. The van der Waals surface area contributed by atoms with Gasteiger partial charge in [0.15, 0.2) is 0 Å². The van der Waals surface area contributed by atoms with Crippen molar-refractivity contribution in [3.63, 3.8) is 0 Å². The molecule has 0 saturated carbocycles. The van der Waals surface area contributed by atoms with Crippen LogP contribution in [0.25, 0.3) is 0 Å². The third kappa shape index (κ3) is 1.35. The molecule has 1 aliphatic rings. The van der Waals surface area contributed by atoms with Gasteiger partial charge in [-0.2, -0.15) is 5.26 Å². The van der Waals surface area contributed by atoms with Crippen molar-refractivity contribution in [3.8, 4) is 6.07 Å². The summed E-state index contributed by atoms with van der Waals surface area (Å²) in [5, 5.41) is 12.5. The fraction of sp³-hybridized carbons (Fsp3) is 0.250. The number of nitriles is 1. The largest absolute Gasteiger partial charge is 0.239 e. The van der Waals surface area contributed by atoms with Crippen molar-refractivity contribution in [2.24, 2.45) is 10.9 Å². The zero-order valence-electron chi connectivity index (χ0n) is 6.37. The van der Waals surface area contributed by atoms with Crippen LogP contribution in [-0.4, -0.2) is 5.17 Å². The van der Waals surface area contributed by atoms with Crippen molar-refractivity contribution in [1.29, 1.82) is 5.26 Å². The lowest BCUT2D eigenvalue weighted by Gasteiger charge is -2.18. The highest BCUT2D eigenvalue weighted by atomic mass is 35.5. The van der Waals surface area contributed by atoms with Crippen LogP contribution < -0.4 is 0 Å². The van der Waals surface area contributed by atoms with Gasteiger partial charge in [-0.15, -0.1) is 22.9 Å². The van der Waals surface area contributed by atoms with E-state index in [4.69, 9.17) is 28.5 Å². The number of hydrogen-bond acceptors (Lipinski definition) is 3. The highest BCUT2D eigenvalue weighted by Crippen LogP contribution is 2.43. The van der Waals surface area contributed by atoms with Crippen molar-refractivity contribution in [1.82, 2.24) is 0 Å². The van der Waals surface area contributed by atoms with Gasteiger partial charge >= 0.3 is 0 Å². The molecular weight excluding hydrogens is 227 g/mol. The van der Waals surface area contributed by atoms with Crippen LogP contribution in [0.15, 0.2) is 15.8 Å². The Labute approximate surface area is 89.4 Å². The Bertz CT molecular complexity index is 405. The lowest BCUT2D eigenvalue weighted by molar-refractivity contribution is 0.826. The summed E-state index contributed by atoms with van der Waals surface area (Å²) in [6.07, 6.45) is 0. The predicted molar refractivity (Wildman–Crippen MR) is 55.0 cm³/mol. The number of halogens is 2. The highest BCUT2D eigenvalue weighted by molar-refractivity contribution is 7.08. The molecule has 0 aliphatic carbocycles. The molecule has 66 valence electrons. The van der Waals surface area contributed by atoms with Crippen LogP contribution in [0.3, 0.4) is 0 Å². The summed E-state index contributed by atoms with van der Waals surface area (Å²) in [6, 6.07) is 2.04. The molecule has 2 rings (SSSR count). The normalized spacial score (nSPS) is 26.1. The first kappa shape index (κ1) is 9.01. The molecule has 0 spiro atoms. The molecule has 0 bridgehead atoms. The van der Waals surface area contributed by atoms with Gasteiger partial charge in [0, 0.05) is 10.9 Å². The summed E-state index contributed by atoms with van der Waals surface area (Å²) in [6.45, 7) is 0. The molecule has 2 unspecified atom stereocenters. The average Bonchev–Trinajstić information content (AvgIpc) is 2.53. The number of fused-ring (bicyclic) bond motifs is 1. The van der Waals surface area contributed by atoms with E-state index in [1.54, 1.807) is 0 Å². The van der Waals surface area contributed by atoms with Crippen LogP contribution in [0.4, 0.5) is 5.69 Å². The summed E-state index contributed by atoms with van der Waals surface area (Å²) in [4.78, 5) is 4.09. The number of thiophene rings is 1. The Kier molecular flexibility index (Phi) is 2.29. The van der Waals surface area contributed by atoms with Crippen LogP contribution in [0.5, 0.6) is 0 Å². The molecular formula is C8H4Cl2N2S. The quantitative estimate of drug-likeness (QED) is 0.630. The smallest absolute Gasteiger partial charge is 0.126 e. The maximum absolute atomic E-state index is 8.80.